The molecule has 0 radical (unpaired) electrons. The second-order valence-electron chi connectivity index (χ2n) is 8.46. The van der Waals surface area contributed by atoms with Crippen LogP contribution in [0.4, 0.5) is 0 Å². The van der Waals surface area contributed by atoms with Crippen molar-refractivity contribution < 1.29 is 4.79 Å². The fourth-order valence-corrected chi connectivity index (χ4v) is 4.27. The first-order valence-electron chi connectivity index (χ1n) is 11.8. The minimum absolute atomic E-state index is 0.0956. The van der Waals surface area contributed by atoms with Crippen LogP contribution in [0.2, 0.25) is 0 Å². The fourth-order valence-electron chi connectivity index (χ4n) is 4.27. The van der Waals surface area contributed by atoms with E-state index in [-0.39, 0.29) is 17.5 Å². The number of amides is 1. The first kappa shape index (κ1) is 23.7. The molecule has 170 valence electrons. The maximum atomic E-state index is 13.7. The largest absolute Gasteiger partial charge is 0.333 e. The van der Waals surface area contributed by atoms with Crippen molar-refractivity contribution in [3.05, 3.63) is 69.8 Å². The molecule has 0 spiro atoms. The van der Waals surface area contributed by atoms with Crippen molar-refractivity contribution in [2.45, 2.75) is 72.8 Å². The fraction of sp³-hybridized carbons (Fsp3) is 0.444. The number of unbranched alkanes of at least 4 members (excludes halogenated alkanes) is 2. The van der Waals surface area contributed by atoms with Crippen LogP contribution in [-0.4, -0.2) is 26.9 Å². The number of para-hydroxylation sites is 1. The van der Waals surface area contributed by atoms with Gasteiger partial charge in [-0.2, -0.15) is 0 Å². The van der Waals surface area contributed by atoms with Crippen molar-refractivity contribution in [1.29, 1.82) is 0 Å². The first-order valence-corrected chi connectivity index (χ1v) is 11.8. The summed E-state index contributed by atoms with van der Waals surface area (Å²) < 4.78 is 1.71. The summed E-state index contributed by atoms with van der Waals surface area (Å²) in [6, 6.07) is 13.2. The molecule has 0 aliphatic heterocycles. The third kappa shape index (κ3) is 4.77. The molecule has 5 heteroatoms. The third-order valence-electron chi connectivity index (χ3n) is 6.27. The summed E-state index contributed by atoms with van der Waals surface area (Å²) in [5.41, 5.74) is 3.65. The molecule has 0 aliphatic rings. The monoisotopic (exact) mass is 433 g/mol. The molecule has 0 saturated carbocycles. The van der Waals surface area contributed by atoms with E-state index in [1.54, 1.807) is 4.57 Å². The lowest BCUT2D eigenvalue weighted by atomic mass is 10.1. The van der Waals surface area contributed by atoms with Gasteiger partial charge in [-0.25, -0.2) is 4.98 Å². The van der Waals surface area contributed by atoms with Crippen molar-refractivity contribution in [3.63, 3.8) is 0 Å². The van der Waals surface area contributed by atoms with Gasteiger partial charge in [0, 0.05) is 13.0 Å². The summed E-state index contributed by atoms with van der Waals surface area (Å²) in [5.74, 6) is 0.756. The molecule has 3 aromatic rings. The van der Waals surface area contributed by atoms with Gasteiger partial charge in [-0.1, -0.05) is 44.9 Å². The van der Waals surface area contributed by atoms with Gasteiger partial charge in [-0.3, -0.25) is 14.2 Å². The standard InChI is InChI=1S/C27H35N3O2/c1-6-9-10-15-25(31)29(8-3)24(7-2)26-28-23-14-12-11-13-22(23)27(32)30(26)21-17-16-19(4)20(5)18-21/h11-14,16-18,24H,6-10,15H2,1-5H3. The second kappa shape index (κ2) is 10.6. The van der Waals surface area contributed by atoms with E-state index in [0.717, 1.165) is 30.5 Å². The van der Waals surface area contributed by atoms with E-state index >= 15 is 0 Å². The highest BCUT2D eigenvalue weighted by Gasteiger charge is 2.27. The van der Waals surface area contributed by atoms with Gasteiger partial charge in [0.15, 0.2) is 0 Å². The van der Waals surface area contributed by atoms with Crippen molar-refractivity contribution in [3.8, 4) is 5.69 Å². The van der Waals surface area contributed by atoms with Crippen molar-refractivity contribution in [2.24, 2.45) is 0 Å². The van der Waals surface area contributed by atoms with Crippen LogP contribution in [0.5, 0.6) is 0 Å². The summed E-state index contributed by atoms with van der Waals surface area (Å²) in [5, 5.41) is 0.585. The zero-order valence-electron chi connectivity index (χ0n) is 20.0. The number of hydrogen-bond acceptors (Lipinski definition) is 3. The highest BCUT2D eigenvalue weighted by atomic mass is 16.2. The van der Waals surface area contributed by atoms with E-state index in [1.165, 1.54) is 5.56 Å². The molecule has 1 heterocycles. The van der Waals surface area contributed by atoms with Crippen LogP contribution in [-0.2, 0) is 4.79 Å². The van der Waals surface area contributed by atoms with E-state index in [0.29, 0.717) is 36.1 Å². The third-order valence-corrected chi connectivity index (χ3v) is 6.27. The van der Waals surface area contributed by atoms with Gasteiger partial charge < -0.3 is 4.90 Å². The van der Waals surface area contributed by atoms with Crippen LogP contribution in [0.25, 0.3) is 16.6 Å². The summed E-state index contributed by atoms with van der Waals surface area (Å²) in [4.78, 5) is 33.7. The van der Waals surface area contributed by atoms with Crippen LogP contribution in [0, 0.1) is 13.8 Å². The molecular formula is C27H35N3O2. The Bertz CT molecular complexity index is 1150. The van der Waals surface area contributed by atoms with Crippen LogP contribution in [0.15, 0.2) is 47.3 Å². The Kier molecular flexibility index (Phi) is 7.84. The molecule has 0 bridgehead atoms. The lowest BCUT2D eigenvalue weighted by Gasteiger charge is -2.31. The molecule has 0 N–H and O–H groups in total. The number of aromatic nitrogens is 2. The quantitative estimate of drug-likeness (QED) is 0.396. The molecule has 5 nitrogen and oxygen atoms in total. The van der Waals surface area contributed by atoms with Gasteiger partial charge in [-0.05, 0) is 69.0 Å². The van der Waals surface area contributed by atoms with E-state index in [2.05, 4.69) is 20.8 Å². The maximum Gasteiger partial charge on any atom is 0.266 e. The van der Waals surface area contributed by atoms with E-state index in [1.807, 2.05) is 61.2 Å². The SMILES string of the molecule is CCCCCC(=O)N(CC)C(CC)c1nc2ccccc2c(=O)n1-c1ccc(C)c(C)c1. The van der Waals surface area contributed by atoms with E-state index in [9.17, 15) is 9.59 Å². The number of carbonyl (C=O) groups excluding carboxylic acids is 1. The van der Waals surface area contributed by atoms with Crippen LogP contribution in [0.1, 0.15) is 75.9 Å². The summed E-state index contributed by atoms with van der Waals surface area (Å²) in [6.07, 6.45) is 4.22. The summed E-state index contributed by atoms with van der Waals surface area (Å²) in [7, 11) is 0. The summed E-state index contributed by atoms with van der Waals surface area (Å²) in [6.45, 7) is 10.9. The number of hydrogen-bond donors (Lipinski definition) is 0. The van der Waals surface area contributed by atoms with Gasteiger partial charge in [0.25, 0.3) is 5.56 Å². The molecule has 1 aromatic heterocycles. The van der Waals surface area contributed by atoms with Gasteiger partial charge in [-0.15, -0.1) is 0 Å². The van der Waals surface area contributed by atoms with E-state index in [4.69, 9.17) is 4.98 Å². The normalized spacial score (nSPS) is 12.2. The zero-order valence-corrected chi connectivity index (χ0v) is 20.0. The van der Waals surface area contributed by atoms with Crippen LogP contribution < -0.4 is 5.56 Å². The average Bonchev–Trinajstić information content (AvgIpc) is 2.79. The van der Waals surface area contributed by atoms with Crippen LogP contribution in [0.3, 0.4) is 0 Å². The van der Waals surface area contributed by atoms with Crippen molar-refractivity contribution in [1.82, 2.24) is 14.5 Å². The summed E-state index contributed by atoms with van der Waals surface area (Å²) >= 11 is 0. The molecule has 32 heavy (non-hydrogen) atoms. The Morgan fingerprint density at radius 2 is 1.78 bits per heavy atom. The average molecular weight is 434 g/mol. The van der Waals surface area contributed by atoms with Crippen molar-refractivity contribution >= 4 is 16.8 Å². The van der Waals surface area contributed by atoms with Gasteiger partial charge in [0.1, 0.15) is 5.82 Å². The van der Waals surface area contributed by atoms with Gasteiger partial charge >= 0.3 is 0 Å². The highest BCUT2D eigenvalue weighted by Crippen LogP contribution is 2.27. The number of aryl methyl sites for hydroxylation is 2. The molecule has 0 aliphatic carbocycles. The molecule has 3 rings (SSSR count). The first-order chi connectivity index (χ1) is 15.4. The number of fused-ring (bicyclic) bond motifs is 1. The smallest absolute Gasteiger partial charge is 0.266 e. The Balaban J connectivity index is 2.21. The van der Waals surface area contributed by atoms with Crippen molar-refractivity contribution in [2.75, 3.05) is 6.54 Å². The predicted octanol–water partition coefficient (Wildman–Crippen LogP) is 5.88. The Hall–Kier alpha value is -2.95. The Labute approximate surface area is 191 Å². The molecule has 1 unspecified atom stereocenters. The van der Waals surface area contributed by atoms with Gasteiger partial charge in [0.2, 0.25) is 5.91 Å². The highest BCUT2D eigenvalue weighted by molar-refractivity contribution is 5.79. The Morgan fingerprint density at radius 1 is 1.03 bits per heavy atom. The molecular weight excluding hydrogens is 398 g/mol. The minimum atomic E-state index is -0.270. The zero-order chi connectivity index (χ0) is 23.3. The van der Waals surface area contributed by atoms with Crippen LogP contribution >= 0.6 is 0 Å². The predicted molar refractivity (Wildman–Crippen MR) is 131 cm³/mol. The topological polar surface area (TPSA) is 55.2 Å². The Morgan fingerprint density at radius 3 is 2.44 bits per heavy atom. The number of nitrogens with zero attached hydrogens (tertiary/aromatic N) is 3. The lowest BCUT2D eigenvalue weighted by Crippen LogP contribution is -2.38. The van der Waals surface area contributed by atoms with Gasteiger partial charge in [0.05, 0.1) is 22.6 Å². The number of carbonyl (C=O) groups is 1. The number of rotatable bonds is 9. The molecule has 0 saturated heterocycles. The second-order valence-corrected chi connectivity index (χ2v) is 8.46. The molecule has 2 aromatic carbocycles. The lowest BCUT2D eigenvalue weighted by molar-refractivity contribution is -0.133. The maximum absolute atomic E-state index is 13.7. The van der Waals surface area contributed by atoms with E-state index < -0.39 is 0 Å². The molecule has 1 amide bonds. The minimum Gasteiger partial charge on any atom is -0.333 e. The number of benzene rings is 2. The molecule has 0 fully saturated rings. The molecule has 1 atom stereocenters.